The second-order valence-corrected chi connectivity index (χ2v) is 8.74. The normalized spacial score (nSPS) is 27.4. The number of hydrogen-bond acceptors (Lipinski definition) is 4. The zero-order valence-electron chi connectivity index (χ0n) is 11.5. The number of aryl methyl sites for hydroxylation is 1. The third kappa shape index (κ3) is 2.89. The lowest BCUT2D eigenvalue weighted by Crippen LogP contribution is -2.51. The van der Waals surface area contributed by atoms with Crippen LogP contribution in [0.4, 0.5) is 0 Å². The molecule has 1 aliphatic rings. The number of aliphatic carboxylic acids is 1. The van der Waals surface area contributed by atoms with Crippen LogP contribution in [0.5, 0.6) is 0 Å². The van der Waals surface area contributed by atoms with Crippen LogP contribution in [0.3, 0.4) is 0 Å². The minimum absolute atomic E-state index is 0.244. The van der Waals surface area contributed by atoms with Gasteiger partial charge < -0.3 is 5.11 Å². The van der Waals surface area contributed by atoms with Crippen LogP contribution < -0.4 is 4.72 Å². The Labute approximate surface area is 123 Å². The molecule has 0 bridgehead atoms. The monoisotopic (exact) mass is 317 g/mol. The molecule has 0 spiro atoms. The molecule has 5 nitrogen and oxygen atoms in total. The standard InChI is InChI=1S/C13H19NO4S2/c1-9-6-7-11(19-9)20(17,18)14-10-5-3-4-8-13(10,2)12(15)16/h6-7,10,14H,3-5,8H2,1-2H3,(H,15,16). The van der Waals surface area contributed by atoms with Crippen LogP contribution in [0, 0.1) is 12.3 Å². The number of rotatable bonds is 4. The Morgan fingerprint density at radius 3 is 2.70 bits per heavy atom. The van der Waals surface area contributed by atoms with Crippen LogP contribution in [0.25, 0.3) is 0 Å². The highest BCUT2D eigenvalue weighted by atomic mass is 32.2. The van der Waals surface area contributed by atoms with Crippen LogP contribution in [-0.2, 0) is 14.8 Å². The van der Waals surface area contributed by atoms with E-state index in [4.69, 9.17) is 0 Å². The molecule has 0 saturated heterocycles. The molecule has 7 heteroatoms. The molecule has 1 aliphatic carbocycles. The van der Waals surface area contributed by atoms with E-state index in [2.05, 4.69) is 4.72 Å². The Kier molecular flexibility index (Phi) is 4.22. The van der Waals surface area contributed by atoms with Gasteiger partial charge in [0.25, 0.3) is 0 Å². The van der Waals surface area contributed by atoms with Gasteiger partial charge in [0.1, 0.15) is 4.21 Å². The summed E-state index contributed by atoms with van der Waals surface area (Å²) >= 11 is 1.19. The molecule has 112 valence electrons. The summed E-state index contributed by atoms with van der Waals surface area (Å²) in [5.74, 6) is -0.938. The maximum atomic E-state index is 12.3. The summed E-state index contributed by atoms with van der Waals surface area (Å²) < 4.78 is 27.5. The van der Waals surface area contributed by atoms with Crippen molar-refractivity contribution < 1.29 is 18.3 Å². The summed E-state index contributed by atoms with van der Waals surface area (Å²) in [5.41, 5.74) is -1.03. The summed E-state index contributed by atoms with van der Waals surface area (Å²) in [5, 5.41) is 9.41. The lowest BCUT2D eigenvalue weighted by molar-refractivity contribution is -0.151. The Morgan fingerprint density at radius 2 is 2.15 bits per heavy atom. The fourth-order valence-electron chi connectivity index (χ4n) is 2.58. The van der Waals surface area contributed by atoms with E-state index in [0.717, 1.165) is 17.7 Å². The Balaban J connectivity index is 2.25. The summed E-state index contributed by atoms with van der Waals surface area (Å²) in [7, 11) is -3.64. The van der Waals surface area contributed by atoms with E-state index in [1.54, 1.807) is 19.1 Å². The first-order valence-electron chi connectivity index (χ1n) is 6.58. The molecule has 2 unspecified atom stereocenters. The van der Waals surface area contributed by atoms with Gasteiger partial charge in [-0.3, -0.25) is 4.79 Å². The van der Waals surface area contributed by atoms with Crippen molar-refractivity contribution >= 4 is 27.3 Å². The maximum absolute atomic E-state index is 12.3. The van der Waals surface area contributed by atoms with E-state index >= 15 is 0 Å². The molecule has 1 aromatic rings. The highest BCUT2D eigenvalue weighted by Gasteiger charge is 2.45. The minimum Gasteiger partial charge on any atom is -0.481 e. The van der Waals surface area contributed by atoms with E-state index in [0.29, 0.717) is 12.8 Å². The van der Waals surface area contributed by atoms with Crippen molar-refractivity contribution in [2.24, 2.45) is 5.41 Å². The topological polar surface area (TPSA) is 83.5 Å². The van der Waals surface area contributed by atoms with E-state index in [1.807, 2.05) is 6.92 Å². The molecule has 2 rings (SSSR count). The first-order valence-corrected chi connectivity index (χ1v) is 8.88. The predicted molar refractivity (Wildman–Crippen MR) is 77.4 cm³/mol. The van der Waals surface area contributed by atoms with Crippen molar-refractivity contribution in [3.05, 3.63) is 17.0 Å². The number of carboxylic acids is 1. The third-order valence-electron chi connectivity index (χ3n) is 3.97. The maximum Gasteiger partial charge on any atom is 0.310 e. The van der Waals surface area contributed by atoms with Gasteiger partial charge in [0.05, 0.1) is 5.41 Å². The molecule has 1 fully saturated rings. The second-order valence-electron chi connectivity index (χ2n) is 5.51. The van der Waals surface area contributed by atoms with Crippen molar-refractivity contribution in [2.75, 3.05) is 0 Å². The SMILES string of the molecule is Cc1ccc(S(=O)(=O)NC2CCCCC2(C)C(=O)O)s1. The van der Waals surface area contributed by atoms with E-state index in [1.165, 1.54) is 11.3 Å². The summed E-state index contributed by atoms with van der Waals surface area (Å²) in [4.78, 5) is 12.4. The number of carbonyl (C=O) groups is 1. The number of nitrogens with one attached hydrogen (secondary N) is 1. The van der Waals surface area contributed by atoms with Crippen LogP contribution in [0.1, 0.15) is 37.5 Å². The molecule has 0 aromatic carbocycles. The summed E-state index contributed by atoms with van der Waals surface area (Å²) in [6.45, 7) is 3.47. The highest BCUT2D eigenvalue weighted by Crippen LogP contribution is 2.37. The lowest BCUT2D eigenvalue weighted by atomic mass is 9.72. The van der Waals surface area contributed by atoms with E-state index < -0.39 is 27.4 Å². The quantitative estimate of drug-likeness (QED) is 0.893. The molecule has 2 N–H and O–H groups in total. The van der Waals surface area contributed by atoms with Crippen molar-refractivity contribution in [1.82, 2.24) is 4.72 Å². The van der Waals surface area contributed by atoms with Crippen LogP contribution in [-0.4, -0.2) is 25.5 Å². The van der Waals surface area contributed by atoms with E-state index in [-0.39, 0.29) is 4.21 Å². The second kappa shape index (κ2) is 5.46. The molecule has 1 saturated carbocycles. The first-order chi connectivity index (χ1) is 9.25. The molecule has 0 radical (unpaired) electrons. The van der Waals surface area contributed by atoms with Crippen molar-refractivity contribution in [2.45, 2.75) is 49.8 Å². The van der Waals surface area contributed by atoms with E-state index in [9.17, 15) is 18.3 Å². The van der Waals surface area contributed by atoms with Gasteiger partial charge in [-0.15, -0.1) is 11.3 Å². The van der Waals surface area contributed by atoms with Gasteiger partial charge >= 0.3 is 5.97 Å². The molecule has 1 aromatic heterocycles. The average molecular weight is 317 g/mol. The van der Waals surface area contributed by atoms with Crippen molar-refractivity contribution in [3.63, 3.8) is 0 Å². The molecule has 0 amide bonds. The molecular weight excluding hydrogens is 298 g/mol. The molecular formula is C13H19NO4S2. The smallest absolute Gasteiger partial charge is 0.310 e. The lowest BCUT2D eigenvalue weighted by Gasteiger charge is -2.37. The van der Waals surface area contributed by atoms with Crippen molar-refractivity contribution in [3.8, 4) is 0 Å². The van der Waals surface area contributed by atoms with Crippen molar-refractivity contribution in [1.29, 1.82) is 0 Å². The van der Waals surface area contributed by atoms with Crippen LogP contribution >= 0.6 is 11.3 Å². The Morgan fingerprint density at radius 1 is 1.45 bits per heavy atom. The largest absolute Gasteiger partial charge is 0.481 e. The van der Waals surface area contributed by atoms with Gasteiger partial charge in [-0.2, -0.15) is 0 Å². The molecule has 0 aliphatic heterocycles. The molecule has 20 heavy (non-hydrogen) atoms. The molecule has 2 atom stereocenters. The van der Waals surface area contributed by atoms with Gasteiger partial charge in [0.2, 0.25) is 10.0 Å². The Hall–Kier alpha value is -0.920. The fourth-order valence-corrected chi connectivity index (χ4v) is 5.26. The molecule has 1 heterocycles. The highest BCUT2D eigenvalue weighted by molar-refractivity contribution is 7.91. The number of sulfonamides is 1. The minimum atomic E-state index is -3.64. The number of hydrogen-bond donors (Lipinski definition) is 2. The summed E-state index contributed by atoms with van der Waals surface area (Å²) in [6.07, 6.45) is 2.73. The van der Waals surface area contributed by atoms with Gasteiger partial charge in [-0.05, 0) is 38.8 Å². The van der Waals surface area contributed by atoms with Gasteiger partial charge in [-0.1, -0.05) is 12.8 Å². The average Bonchev–Trinajstić information content (AvgIpc) is 2.79. The fraction of sp³-hybridized carbons (Fsp3) is 0.615. The third-order valence-corrected chi connectivity index (χ3v) is 6.94. The van der Waals surface area contributed by atoms with Crippen LogP contribution in [0.15, 0.2) is 16.3 Å². The Bertz CT molecular complexity index is 608. The van der Waals surface area contributed by atoms with Crippen LogP contribution in [0.2, 0.25) is 0 Å². The number of carboxylic acid groups (broad SMARTS) is 1. The van der Waals surface area contributed by atoms with Gasteiger partial charge in [0.15, 0.2) is 0 Å². The van der Waals surface area contributed by atoms with Gasteiger partial charge in [0, 0.05) is 10.9 Å². The van der Waals surface area contributed by atoms with Gasteiger partial charge in [-0.25, -0.2) is 13.1 Å². The predicted octanol–water partition coefficient (Wildman–Crippen LogP) is 2.37. The zero-order valence-corrected chi connectivity index (χ0v) is 13.2. The zero-order chi connectivity index (χ0) is 15.0. The summed E-state index contributed by atoms with van der Waals surface area (Å²) in [6, 6.07) is 2.75. The number of thiophene rings is 1. The first kappa shape index (κ1) is 15.5.